The first-order valence-corrected chi connectivity index (χ1v) is 9.13. The molecular formula is C21H26O3. The van der Waals surface area contributed by atoms with Crippen LogP contribution in [0.15, 0.2) is 36.0 Å². The second-order valence-corrected chi connectivity index (χ2v) is 8.43. The smallest absolute Gasteiger partial charge is 0.303 e. The summed E-state index contributed by atoms with van der Waals surface area (Å²) in [7, 11) is 0. The van der Waals surface area contributed by atoms with Gasteiger partial charge in [-0.15, -0.1) is 0 Å². The highest BCUT2D eigenvalue weighted by Gasteiger charge is 2.56. The summed E-state index contributed by atoms with van der Waals surface area (Å²) in [4.78, 5) is 23.6. The minimum absolute atomic E-state index is 0.0420. The Hall–Kier alpha value is -1.64. The van der Waals surface area contributed by atoms with Crippen molar-refractivity contribution in [2.75, 3.05) is 0 Å². The molecule has 0 spiro atoms. The van der Waals surface area contributed by atoms with Gasteiger partial charge in [0.05, 0.1) is 0 Å². The van der Waals surface area contributed by atoms with Gasteiger partial charge in [-0.3, -0.25) is 9.59 Å². The highest BCUT2D eigenvalue weighted by atomic mass is 16.5. The molecule has 3 heteroatoms. The highest BCUT2D eigenvalue weighted by molar-refractivity contribution is 5.97. The lowest BCUT2D eigenvalue weighted by atomic mass is 9.49. The van der Waals surface area contributed by atoms with E-state index in [1.165, 1.54) is 12.5 Å². The first-order valence-electron chi connectivity index (χ1n) is 9.13. The summed E-state index contributed by atoms with van der Waals surface area (Å²) < 4.78 is 5.40. The van der Waals surface area contributed by atoms with Crippen LogP contribution >= 0.6 is 0 Å². The maximum Gasteiger partial charge on any atom is 0.303 e. The van der Waals surface area contributed by atoms with E-state index in [4.69, 9.17) is 4.74 Å². The average Bonchev–Trinajstić information content (AvgIpc) is 2.83. The lowest BCUT2D eigenvalue weighted by Gasteiger charge is -2.55. The standard InChI is InChI=1S/C21H26O3/c1-13(22)24-15-8-10-20(2)14(12-15)4-5-16-17-6-7-19(23)21(17,3)11-9-18(16)20/h4,6-8,10,15-18H,5,9,11-12H2,1-3H3/t15?,16?,17?,18?,20-,21-/m0/s1. The van der Waals surface area contributed by atoms with Crippen LogP contribution in [0.1, 0.15) is 46.5 Å². The molecule has 0 aromatic heterocycles. The minimum atomic E-state index is -0.217. The zero-order chi connectivity index (χ0) is 17.1. The van der Waals surface area contributed by atoms with Crippen molar-refractivity contribution >= 4 is 11.8 Å². The van der Waals surface area contributed by atoms with Crippen LogP contribution in [0.5, 0.6) is 0 Å². The summed E-state index contributed by atoms with van der Waals surface area (Å²) in [6.45, 7) is 5.96. The Labute approximate surface area is 143 Å². The van der Waals surface area contributed by atoms with Crippen LogP contribution in [-0.4, -0.2) is 17.9 Å². The van der Waals surface area contributed by atoms with Crippen LogP contribution in [0.4, 0.5) is 0 Å². The number of carbonyl (C=O) groups is 2. The summed E-state index contributed by atoms with van der Waals surface area (Å²) in [6, 6.07) is 0. The molecule has 3 nitrogen and oxygen atoms in total. The number of ether oxygens (including phenoxy) is 1. The lowest BCUT2D eigenvalue weighted by Crippen LogP contribution is -2.49. The summed E-state index contributed by atoms with van der Waals surface area (Å²) in [5.41, 5.74) is 1.27. The predicted molar refractivity (Wildman–Crippen MR) is 92.1 cm³/mol. The molecule has 0 amide bonds. The Kier molecular flexibility index (Phi) is 3.42. The molecule has 1 fully saturated rings. The van der Waals surface area contributed by atoms with E-state index in [9.17, 15) is 9.59 Å². The maximum atomic E-state index is 12.3. The Morgan fingerprint density at radius 1 is 1.29 bits per heavy atom. The van der Waals surface area contributed by atoms with Gasteiger partial charge in [-0.2, -0.15) is 0 Å². The Morgan fingerprint density at radius 2 is 2.08 bits per heavy atom. The van der Waals surface area contributed by atoms with Gasteiger partial charge in [-0.1, -0.05) is 37.6 Å². The molecule has 1 saturated carbocycles. The van der Waals surface area contributed by atoms with Gasteiger partial charge in [0.2, 0.25) is 0 Å². The van der Waals surface area contributed by atoms with Crippen LogP contribution in [0.3, 0.4) is 0 Å². The molecule has 4 aliphatic carbocycles. The molecule has 24 heavy (non-hydrogen) atoms. The number of hydrogen-bond donors (Lipinski definition) is 0. The van der Waals surface area contributed by atoms with Crippen molar-refractivity contribution in [2.24, 2.45) is 28.6 Å². The Bertz CT molecular complexity index is 685. The molecule has 0 bridgehead atoms. The second-order valence-electron chi connectivity index (χ2n) is 8.43. The van der Waals surface area contributed by atoms with Gasteiger partial charge in [0, 0.05) is 24.2 Å². The zero-order valence-electron chi connectivity index (χ0n) is 14.7. The zero-order valence-corrected chi connectivity index (χ0v) is 14.7. The van der Waals surface area contributed by atoms with Crippen molar-refractivity contribution in [2.45, 2.75) is 52.6 Å². The molecule has 0 N–H and O–H groups in total. The van der Waals surface area contributed by atoms with Crippen LogP contribution in [0, 0.1) is 28.6 Å². The lowest BCUT2D eigenvalue weighted by molar-refractivity contribution is -0.144. The summed E-state index contributed by atoms with van der Waals surface area (Å²) in [6.07, 6.45) is 14.5. The molecule has 0 radical (unpaired) electrons. The van der Waals surface area contributed by atoms with Gasteiger partial charge in [0.15, 0.2) is 5.78 Å². The van der Waals surface area contributed by atoms with Gasteiger partial charge < -0.3 is 4.74 Å². The number of ketones is 1. The predicted octanol–water partition coefficient (Wildman–Crippen LogP) is 4.00. The number of allylic oxidation sites excluding steroid dienone is 4. The molecular weight excluding hydrogens is 300 g/mol. The number of esters is 1. The third-order valence-corrected chi connectivity index (χ3v) is 7.20. The van der Waals surface area contributed by atoms with E-state index in [0.717, 1.165) is 25.7 Å². The second kappa shape index (κ2) is 5.18. The van der Waals surface area contributed by atoms with Gasteiger partial charge in [-0.05, 0) is 49.2 Å². The first kappa shape index (κ1) is 15.9. The number of hydrogen-bond acceptors (Lipinski definition) is 3. The largest absolute Gasteiger partial charge is 0.458 e. The number of carbonyl (C=O) groups excluding carboxylic acids is 2. The van der Waals surface area contributed by atoms with Crippen molar-refractivity contribution < 1.29 is 14.3 Å². The molecule has 6 atom stereocenters. The minimum Gasteiger partial charge on any atom is -0.458 e. The fourth-order valence-electron chi connectivity index (χ4n) is 5.79. The summed E-state index contributed by atoms with van der Waals surface area (Å²) in [5.74, 6) is 1.58. The molecule has 0 aliphatic heterocycles. The van der Waals surface area contributed by atoms with Gasteiger partial charge in [0.25, 0.3) is 0 Å². The van der Waals surface area contributed by atoms with E-state index in [0.29, 0.717) is 23.5 Å². The van der Waals surface area contributed by atoms with Crippen LogP contribution in [0.25, 0.3) is 0 Å². The average molecular weight is 326 g/mol. The summed E-state index contributed by atoms with van der Waals surface area (Å²) in [5, 5.41) is 0. The fourth-order valence-corrected chi connectivity index (χ4v) is 5.79. The van der Waals surface area contributed by atoms with Crippen molar-refractivity contribution in [3.05, 3.63) is 36.0 Å². The third-order valence-electron chi connectivity index (χ3n) is 7.20. The van der Waals surface area contributed by atoms with E-state index >= 15 is 0 Å². The van der Waals surface area contributed by atoms with E-state index in [2.05, 4.69) is 38.2 Å². The molecule has 4 aliphatic rings. The van der Waals surface area contributed by atoms with Crippen LogP contribution in [0.2, 0.25) is 0 Å². The highest BCUT2D eigenvalue weighted by Crippen LogP contribution is 2.61. The van der Waals surface area contributed by atoms with Gasteiger partial charge >= 0.3 is 5.97 Å². The van der Waals surface area contributed by atoms with E-state index in [1.54, 1.807) is 0 Å². The normalized spacial score (nSPS) is 46.0. The first-order chi connectivity index (χ1) is 11.3. The third kappa shape index (κ3) is 2.09. The summed E-state index contributed by atoms with van der Waals surface area (Å²) >= 11 is 0. The molecule has 0 saturated heterocycles. The maximum absolute atomic E-state index is 12.3. The van der Waals surface area contributed by atoms with Crippen LogP contribution < -0.4 is 0 Å². The molecule has 4 rings (SSSR count). The number of fused-ring (bicyclic) bond motifs is 5. The quantitative estimate of drug-likeness (QED) is 0.540. The SMILES string of the molecule is CC(=O)OC1C=C[C@@]2(C)C(=CCC3C2CC[C@]2(C)C(=O)C=CC32)C1. The van der Waals surface area contributed by atoms with Crippen molar-refractivity contribution in [1.29, 1.82) is 0 Å². The molecule has 0 aromatic rings. The molecule has 0 heterocycles. The molecule has 128 valence electrons. The van der Waals surface area contributed by atoms with Gasteiger partial charge in [0.1, 0.15) is 6.10 Å². The number of rotatable bonds is 1. The van der Waals surface area contributed by atoms with Crippen molar-refractivity contribution in [1.82, 2.24) is 0 Å². The van der Waals surface area contributed by atoms with E-state index in [1.807, 2.05) is 6.08 Å². The van der Waals surface area contributed by atoms with Crippen molar-refractivity contribution in [3.63, 3.8) is 0 Å². The fraction of sp³-hybridized carbons (Fsp3) is 0.619. The van der Waals surface area contributed by atoms with E-state index < -0.39 is 0 Å². The Balaban J connectivity index is 1.64. The van der Waals surface area contributed by atoms with E-state index in [-0.39, 0.29) is 22.9 Å². The van der Waals surface area contributed by atoms with Crippen LogP contribution in [-0.2, 0) is 14.3 Å². The molecule has 0 aromatic carbocycles. The topological polar surface area (TPSA) is 43.4 Å². The Morgan fingerprint density at radius 3 is 2.83 bits per heavy atom. The van der Waals surface area contributed by atoms with Gasteiger partial charge in [-0.25, -0.2) is 0 Å². The van der Waals surface area contributed by atoms with Crippen molar-refractivity contribution in [3.8, 4) is 0 Å². The monoisotopic (exact) mass is 326 g/mol. The molecule has 4 unspecified atom stereocenters.